The first-order valence-corrected chi connectivity index (χ1v) is 10.9. The van der Waals surface area contributed by atoms with Crippen molar-refractivity contribution in [2.24, 2.45) is 10.9 Å². The fourth-order valence-electron chi connectivity index (χ4n) is 3.23. The van der Waals surface area contributed by atoms with Gasteiger partial charge in [-0.25, -0.2) is 4.99 Å². The summed E-state index contributed by atoms with van der Waals surface area (Å²) >= 11 is 0. The van der Waals surface area contributed by atoms with Crippen molar-refractivity contribution in [2.75, 3.05) is 18.4 Å². The number of hydrogen-bond donors (Lipinski definition) is 4. The molecule has 1 aromatic heterocycles. The Morgan fingerprint density at radius 1 is 1.22 bits per heavy atom. The molecule has 1 amide bonds. The molecule has 0 aliphatic carbocycles. The van der Waals surface area contributed by atoms with Gasteiger partial charge in [-0.05, 0) is 57.9 Å². The number of nitrogens with zero attached hydrogens (tertiary/aromatic N) is 1. The normalized spacial score (nSPS) is 14.2. The predicted molar refractivity (Wildman–Crippen MR) is 141 cm³/mol. The molecule has 1 aromatic carbocycles. The molecular weight excluding hydrogens is 519 g/mol. The van der Waals surface area contributed by atoms with Crippen LogP contribution in [-0.4, -0.2) is 30.1 Å². The third kappa shape index (κ3) is 8.12. The minimum atomic E-state index is -1.10. The van der Waals surface area contributed by atoms with Crippen LogP contribution in [0.15, 0.2) is 39.7 Å². The molecule has 0 aliphatic heterocycles. The third-order valence-electron chi connectivity index (χ3n) is 5.24. The Morgan fingerprint density at radius 2 is 1.94 bits per heavy atom. The summed E-state index contributed by atoms with van der Waals surface area (Å²) in [7, 11) is 0. The van der Waals surface area contributed by atoms with Crippen LogP contribution < -0.4 is 16.0 Å². The zero-order valence-electron chi connectivity index (χ0n) is 19.9. The summed E-state index contributed by atoms with van der Waals surface area (Å²) in [6.07, 6.45) is 0.801. The van der Waals surface area contributed by atoms with Gasteiger partial charge in [0.05, 0.1) is 13.1 Å². The van der Waals surface area contributed by atoms with Crippen molar-refractivity contribution in [3.63, 3.8) is 0 Å². The van der Waals surface area contributed by atoms with Crippen LogP contribution in [0.5, 0.6) is 0 Å². The molecule has 0 bridgehead atoms. The molecule has 2 aromatic rings. The van der Waals surface area contributed by atoms with Crippen LogP contribution in [0.3, 0.4) is 0 Å². The molecule has 0 fully saturated rings. The van der Waals surface area contributed by atoms with Crippen LogP contribution in [0, 0.1) is 19.8 Å². The highest BCUT2D eigenvalue weighted by molar-refractivity contribution is 14.0. The molecule has 7 nitrogen and oxygen atoms in total. The highest BCUT2D eigenvalue weighted by Gasteiger charge is 2.27. The van der Waals surface area contributed by atoms with Gasteiger partial charge < -0.3 is 25.5 Å². The first-order chi connectivity index (χ1) is 14.7. The summed E-state index contributed by atoms with van der Waals surface area (Å²) in [5.41, 5.74) is 1.41. The minimum Gasteiger partial charge on any atom is -0.466 e. The molecule has 0 radical (unpaired) electrons. The molecule has 32 heavy (non-hydrogen) atoms. The highest BCUT2D eigenvalue weighted by Crippen LogP contribution is 2.26. The standard InChI is InChI=1S/C24H36N4O3.HI/c1-7-16(3)22(29)28-20-11-9-10-19(13-20)14-26-23(25-8-2)27-15-24(6,30)21-12-17(4)31-18(21)5;/h9-13,16,30H,7-8,14-15H2,1-6H3,(H,28,29)(H2,25,26,27);1H. The van der Waals surface area contributed by atoms with Crippen molar-refractivity contribution >= 4 is 41.5 Å². The van der Waals surface area contributed by atoms with Crippen molar-refractivity contribution in [2.45, 2.75) is 60.1 Å². The number of guanidine groups is 1. The number of carbonyl (C=O) groups excluding carboxylic acids is 1. The summed E-state index contributed by atoms with van der Waals surface area (Å²) in [5.74, 6) is 2.08. The van der Waals surface area contributed by atoms with E-state index in [2.05, 4.69) is 20.9 Å². The number of halogens is 1. The van der Waals surface area contributed by atoms with E-state index in [9.17, 15) is 9.90 Å². The number of carbonyl (C=O) groups is 1. The van der Waals surface area contributed by atoms with Gasteiger partial charge in [0.2, 0.25) is 5.91 Å². The number of aliphatic imine (C=N–C) groups is 1. The van der Waals surface area contributed by atoms with Gasteiger partial charge in [-0.15, -0.1) is 24.0 Å². The number of aryl methyl sites for hydroxylation is 2. The van der Waals surface area contributed by atoms with Crippen molar-refractivity contribution in [3.05, 3.63) is 53.0 Å². The maximum Gasteiger partial charge on any atom is 0.227 e. The van der Waals surface area contributed by atoms with E-state index in [4.69, 9.17) is 4.42 Å². The molecular formula is C24H37IN4O3. The SMILES string of the molecule is CCNC(=NCc1cccc(NC(=O)C(C)CC)c1)NCC(C)(O)c1cc(C)oc1C.I. The second-order valence-corrected chi connectivity index (χ2v) is 8.15. The number of anilines is 1. The third-order valence-corrected chi connectivity index (χ3v) is 5.24. The van der Waals surface area contributed by atoms with E-state index in [0.717, 1.165) is 29.0 Å². The van der Waals surface area contributed by atoms with Gasteiger partial charge in [0.25, 0.3) is 0 Å². The van der Waals surface area contributed by atoms with Gasteiger partial charge in [-0.2, -0.15) is 0 Å². The molecule has 8 heteroatoms. The van der Waals surface area contributed by atoms with E-state index in [1.165, 1.54) is 0 Å². The number of benzene rings is 1. The summed E-state index contributed by atoms with van der Waals surface area (Å²) in [4.78, 5) is 16.8. The van der Waals surface area contributed by atoms with Gasteiger partial charge in [-0.3, -0.25) is 4.79 Å². The number of amides is 1. The van der Waals surface area contributed by atoms with E-state index in [-0.39, 0.29) is 42.3 Å². The van der Waals surface area contributed by atoms with Crippen molar-refractivity contribution in [1.29, 1.82) is 0 Å². The summed E-state index contributed by atoms with van der Waals surface area (Å²) in [6.45, 7) is 12.8. The number of hydrogen-bond acceptors (Lipinski definition) is 4. The largest absolute Gasteiger partial charge is 0.466 e. The summed E-state index contributed by atoms with van der Waals surface area (Å²) in [6, 6.07) is 9.55. The molecule has 0 aliphatic rings. The van der Waals surface area contributed by atoms with Crippen molar-refractivity contribution in [1.82, 2.24) is 10.6 Å². The van der Waals surface area contributed by atoms with Crippen LogP contribution in [0.1, 0.15) is 56.8 Å². The van der Waals surface area contributed by atoms with Gasteiger partial charge in [-0.1, -0.05) is 26.0 Å². The number of nitrogens with one attached hydrogen (secondary N) is 3. The van der Waals surface area contributed by atoms with E-state index < -0.39 is 5.60 Å². The Labute approximate surface area is 208 Å². The maximum atomic E-state index is 12.1. The van der Waals surface area contributed by atoms with Crippen LogP contribution in [0.2, 0.25) is 0 Å². The van der Waals surface area contributed by atoms with Crippen molar-refractivity contribution in [3.8, 4) is 0 Å². The lowest BCUT2D eigenvalue weighted by Crippen LogP contribution is -2.44. The molecule has 0 saturated heterocycles. The molecule has 0 spiro atoms. The molecule has 1 heterocycles. The van der Waals surface area contributed by atoms with Crippen LogP contribution >= 0.6 is 24.0 Å². The molecule has 2 atom stereocenters. The maximum absolute atomic E-state index is 12.1. The number of aliphatic hydroxyl groups is 1. The van der Waals surface area contributed by atoms with Crippen molar-refractivity contribution < 1.29 is 14.3 Å². The smallest absolute Gasteiger partial charge is 0.227 e. The van der Waals surface area contributed by atoms with Gasteiger partial charge in [0.15, 0.2) is 5.96 Å². The lowest BCUT2D eigenvalue weighted by molar-refractivity contribution is -0.119. The Morgan fingerprint density at radius 3 is 2.53 bits per heavy atom. The Bertz CT molecular complexity index is 908. The summed E-state index contributed by atoms with van der Waals surface area (Å²) in [5, 5.41) is 20.3. The quantitative estimate of drug-likeness (QED) is 0.208. The van der Waals surface area contributed by atoms with E-state index in [1.54, 1.807) is 6.92 Å². The predicted octanol–water partition coefficient (Wildman–Crippen LogP) is 4.46. The van der Waals surface area contributed by atoms with Crippen LogP contribution in [0.25, 0.3) is 0 Å². The molecule has 4 N–H and O–H groups in total. The summed E-state index contributed by atoms with van der Waals surface area (Å²) < 4.78 is 5.56. The van der Waals surface area contributed by atoms with Gasteiger partial charge in [0, 0.05) is 23.7 Å². The lowest BCUT2D eigenvalue weighted by atomic mass is 9.96. The monoisotopic (exact) mass is 556 g/mol. The zero-order valence-corrected chi connectivity index (χ0v) is 22.2. The van der Waals surface area contributed by atoms with Gasteiger partial charge in [0.1, 0.15) is 17.1 Å². The number of furan rings is 1. The van der Waals surface area contributed by atoms with E-state index >= 15 is 0 Å². The zero-order chi connectivity index (χ0) is 23.0. The highest BCUT2D eigenvalue weighted by atomic mass is 127. The molecule has 2 unspecified atom stereocenters. The Kier molecular flexibility index (Phi) is 11.2. The Hall–Kier alpha value is -2.07. The topological polar surface area (TPSA) is 98.9 Å². The lowest BCUT2D eigenvalue weighted by Gasteiger charge is -2.24. The average Bonchev–Trinajstić information content (AvgIpc) is 3.08. The molecule has 0 saturated carbocycles. The number of rotatable bonds is 9. The first-order valence-electron chi connectivity index (χ1n) is 10.9. The van der Waals surface area contributed by atoms with E-state index in [1.807, 2.05) is 65.0 Å². The minimum absolute atomic E-state index is 0. The second kappa shape index (κ2) is 12.8. The fourth-order valence-corrected chi connectivity index (χ4v) is 3.23. The second-order valence-electron chi connectivity index (χ2n) is 8.15. The van der Waals surface area contributed by atoms with Crippen LogP contribution in [-0.2, 0) is 16.9 Å². The van der Waals surface area contributed by atoms with Crippen LogP contribution in [0.4, 0.5) is 5.69 Å². The molecule has 2 rings (SSSR count). The first kappa shape index (κ1) is 28.0. The van der Waals surface area contributed by atoms with Gasteiger partial charge >= 0.3 is 0 Å². The van der Waals surface area contributed by atoms with E-state index in [0.29, 0.717) is 24.8 Å². The Balaban J connectivity index is 0.00000512. The molecule has 178 valence electrons. The average molecular weight is 556 g/mol. The fraction of sp³-hybridized carbons (Fsp3) is 0.500.